The second-order valence-electron chi connectivity index (χ2n) is 6.66. The number of aryl methyl sites for hydroxylation is 1. The Balaban J connectivity index is 1.91. The molecule has 18 heavy (non-hydrogen) atoms. The maximum Gasteiger partial charge on any atom is 0.0825 e. The minimum atomic E-state index is 0.354. The number of benzene rings is 1. The van der Waals surface area contributed by atoms with Gasteiger partial charge in [0.2, 0.25) is 0 Å². The molecule has 1 fully saturated rings. The lowest BCUT2D eigenvalue weighted by Gasteiger charge is -2.18. The van der Waals surface area contributed by atoms with Crippen LogP contribution in [0.4, 0.5) is 0 Å². The summed E-state index contributed by atoms with van der Waals surface area (Å²) in [6, 6.07) is 8.99. The van der Waals surface area contributed by atoms with Gasteiger partial charge in [0.25, 0.3) is 0 Å². The molecule has 0 saturated carbocycles. The zero-order chi connectivity index (χ0) is 13.0. The fraction of sp³-hybridized carbons (Fsp3) is 0.647. The Morgan fingerprint density at radius 2 is 2.11 bits per heavy atom. The van der Waals surface area contributed by atoms with Gasteiger partial charge in [-0.25, -0.2) is 0 Å². The zero-order valence-corrected chi connectivity index (χ0v) is 12.0. The van der Waals surface area contributed by atoms with Crippen LogP contribution in [0.15, 0.2) is 24.3 Å². The molecule has 1 aliphatic heterocycles. The highest BCUT2D eigenvalue weighted by Gasteiger charge is 2.17. The van der Waals surface area contributed by atoms with Crippen molar-refractivity contribution in [2.45, 2.75) is 59.0 Å². The SMILES string of the molecule is CC(C)(C)CCCc1cccc(C2CCCO2)c1. The second kappa shape index (κ2) is 5.88. The normalized spacial score (nSPS) is 20.3. The summed E-state index contributed by atoms with van der Waals surface area (Å²) in [6.45, 7) is 7.88. The van der Waals surface area contributed by atoms with E-state index in [0.717, 1.165) is 6.61 Å². The first kappa shape index (κ1) is 13.6. The Kier molecular flexibility index (Phi) is 4.45. The van der Waals surface area contributed by atoms with Crippen molar-refractivity contribution < 1.29 is 4.74 Å². The highest BCUT2D eigenvalue weighted by molar-refractivity contribution is 5.25. The van der Waals surface area contributed by atoms with Crippen LogP contribution in [-0.2, 0) is 11.2 Å². The maximum absolute atomic E-state index is 5.75. The van der Waals surface area contributed by atoms with Gasteiger partial charge < -0.3 is 4.74 Å². The molecule has 1 aromatic carbocycles. The van der Waals surface area contributed by atoms with Crippen LogP contribution in [0.1, 0.15) is 63.7 Å². The second-order valence-corrected chi connectivity index (χ2v) is 6.66. The third-order valence-corrected chi connectivity index (χ3v) is 3.64. The Hall–Kier alpha value is -0.820. The van der Waals surface area contributed by atoms with Crippen molar-refractivity contribution in [2.24, 2.45) is 5.41 Å². The van der Waals surface area contributed by atoms with E-state index in [9.17, 15) is 0 Å². The van der Waals surface area contributed by atoms with E-state index in [1.165, 1.54) is 43.2 Å². The van der Waals surface area contributed by atoms with Gasteiger partial charge in [-0.2, -0.15) is 0 Å². The molecule has 1 aliphatic rings. The quantitative estimate of drug-likeness (QED) is 0.733. The van der Waals surface area contributed by atoms with E-state index in [2.05, 4.69) is 45.0 Å². The molecule has 100 valence electrons. The molecule has 0 radical (unpaired) electrons. The highest BCUT2D eigenvalue weighted by Crippen LogP contribution is 2.29. The molecule has 0 spiro atoms. The van der Waals surface area contributed by atoms with E-state index >= 15 is 0 Å². The highest BCUT2D eigenvalue weighted by atomic mass is 16.5. The number of hydrogen-bond donors (Lipinski definition) is 0. The fourth-order valence-corrected chi connectivity index (χ4v) is 2.61. The van der Waals surface area contributed by atoms with Gasteiger partial charge in [0.1, 0.15) is 0 Å². The molecular formula is C17H26O. The summed E-state index contributed by atoms with van der Waals surface area (Å²) in [5.74, 6) is 0. The summed E-state index contributed by atoms with van der Waals surface area (Å²) in [6.07, 6.45) is 6.50. The fourth-order valence-electron chi connectivity index (χ4n) is 2.61. The lowest BCUT2D eigenvalue weighted by atomic mass is 9.89. The van der Waals surface area contributed by atoms with E-state index in [-0.39, 0.29) is 0 Å². The van der Waals surface area contributed by atoms with Crippen LogP contribution in [0.5, 0.6) is 0 Å². The molecule has 0 amide bonds. The zero-order valence-electron chi connectivity index (χ0n) is 12.0. The smallest absolute Gasteiger partial charge is 0.0825 e. The van der Waals surface area contributed by atoms with Crippen molar-refractivity contribution in [1.29, 1.82) is 0 Å². The number of rotatable bonds is 4. The molecule has 0 aromatic heterocycles. The van der Waals surface area contributed by atoms with Crippen LogP contribution < -0.4 is 0 Å². The van der Waals surface area contributed by atoms with Crippen LogP contribution in [0.25, 0.3) is 0 Å². The Morgan fingerprint density at radius 3 is 2.78 bits per heavy atom. The summed E-state index contributed by atoms with van der Waals surface area (Å²) >= 11 is 0. The summed E-state index contributed by atoms with van der Waals surface area (Å²) in [5.41, 5.74) is 3.29. The molecule has 1 unspecified atom stereocenters. The summed E-state index contributed by atoms with van der Waals surface area (Å²) in [7, 11) is 0. The first-order valence-corrected chi connectivity index (χ1v) is 7.25. The summed E-state index contributed by atoms with van der Waals surface area (Å²) < 4.78 is 5.75. The van der Waals surface area contributed by atoms with Crippen LogP contribution in [0.3, 0.4) is 0 Å². The van der Waals surface area contributed by atoms with Crippen molar-refractivity contribution in [1.82, 2.24) is 0 Å². The standard InChI is InChI=1S/C17H26O/c1-17(2,3)11-5-8-14-7-4-9-15(13-14)16-10-6-12-18-16/h4,7,9,13,16H,5-6,8,10-12H2,1-3H3. The number of hydrogen-bond acceptors (Lipinski definition) is 1. The van der Waals surface area contributed by atoms with Gasteiger partial charge in [-0.1, -0.05) is 45.0 Å². The number of ether oxygens (including phenoxy) is 1. The molecule has 1 atom stereocenters. The van der Waals surface area contributed by atoms with Gasteiger partial charge in [-0.3, -0.25) is 0 Å². The van der Waals surface area contributed by atoms with E-state index in [1.54, 1.807) is 0 Å². The van der Waals surface area contributed by atoms with Crippen molar-refractivity contribution in [3.63, 3.8) is 0 Å². The van der Waals surface area contributed by atoms with Crippen molar-refractivity contribution in [3.05, 3.63) is 35.4 Å². The van der Waals surface area contributed by atoms with Crippen LogP contribution in [0, 0.1) is 5.41 Å². The molecule has 0 N–H and O–H groups in total. The molecule has 2 rings (SSSR count). The van der Waals surface area contributed by atoms with Gasteiger partial charge >= 0.3 is 0 Å². The van der Waals surface area contributed by atoms with Crippen molar-refractivity contribution >= 4 is 0 Å². The largest absolute Gasteiger partial charge is 0.374 e. The monoisotopic (exact) mass is 246 g/mol. The Labute approximate surface area is 112 Å². The van der Waals surface area contributed by atoms with Crippen LogP contribution >= 0.6 is 0 Å². The van der Waals surface area contributed by atoms with Gasteiger partial charge in [0.15, 0.2) is 0 Å². The van der Waals surface area contributed by atoms with E-state index in [0.29, 0.717) is 11.5 Å². The van der Waals surface area contributed by atoms with Gasteiger partial charge in [-0.05, 0) is 48.6 Å². The molecule has 0 bridgehead atoms. The first-order chi connectivity index (χ1) is 8.54. The molecule has 1 heterocycles. The molecule has 1 saturated heterocycles. The van der Waals surface area contributed by atoms with Gasteiger partial charge in [0.05, 0.1) is 6.10 Å². The van der Waals surface area contributed by atoms with E-state index < -0.39 is 0 Å². The predicted octanol–water partition coefficient (Wildman–Crippen LogP) is 4.91. The van der Waals surface area contributed by atoms with Gasteiger partial charge in [-0.15, -0.1) is 0 Å². The van der Waals surface area contributed by atoms with Crippen molar-refractivity contribution in [3.8, 4) is 0 Å². The Bertz CT molecular complexity index is 369. The average molecular weight is 246 g/mol. The Morgan fingerprint density at radius 1 is 1.28 bits per heavy atom. The molecular weight excluding hydrogens is 220 g/mol. The molecule has 1 nitrogen and oxygen atoms in total. The molecule has 1 heteroatoms. The predicted molar refractivity (Wildman–Crippen MR) is 76.8 cm³/mol. The molecule has 0 aliphatic carbocycles. The van der Waals surface area contributed by atoms with Crippen molar-refractivity contribution in [2.75, 3.05) is 6.61 Å². The summed E-state index contributed by atoms with van der Waals surface area (Å²) in [4.78, 5) is 0. The third-order valence-electron chi connectivity index (χ3n) is 3.64. The minimum Gasteiger partial charge on any atom is -0.374 e. The third kappa shape index (κ3) is 4.13. The van der Waals surface area contributed by atoms with Crippen LogP contribution in [0.2, 0.25) is 0 Å². The first-order valence-electron chi connectivity index (χ1n) is 7.25. The molecule has 1 aromatic rings. The minimum absolute atomic E-state index is 0.354. The lowest BCUT2D eigenvalue weighted by molar-refractivity contribution is 0.112. The summed E-state index contributed by atoms with van der Waals surface area (Å²) in [5, 5.41) is 0. The maximum atomic E-state index is 5.75. The average Bonchev–Trinajstić information content (AvgIpc) is 2.81. The van der Waals surface area contributed by atoms with E-state index in [4.69, 9.17) is 4.74 Å². The topological polar surface area (TPSA) is 9.23 Å². The van der Waals surface area contributed by atoms with Gasteiger partial charge in [0, 0.05) is 6.61 Å². The lowest BCUT2D eigenvalue weighted by Crippen LogP contribution is -2.05. The van der Waals surface area contributed by atoms with E-state index in [1.807, 2.05) is 0 Å². The van der Waals surface area contributed by atoms with Crippen LogP contribution in [-0.4, -0.2) is 6.61 Å².